The quantitative estimate of drug-likeness (QED) is 0.820. The van der Waals surface area contributed by atoms with Crippen molar-refractivity contribution in [2.24, 2.45) is 0 Å². The Morgan fingerprint density at radius 1 is 1.41 bits per heavy atom. The number of hydrogen-bond acceptors (Lipinski definition) is 5. The number of rotatable bonds is 5. The van der Waals surface area contributed by atoms with E-state index in [4.69, 9.17) is 9.26 Å². The fourth-order valence-corrected chi connectivity index (χ4v) is 2.17. The summed E-state index contributed by atoms with van der Waals surface area (Å²) in [6, 6.07) is 8.36. The first-order chi connectivity index (χ1) is 10.5. The van der Waals surface area contributed by atoms with E-state index in [1.165, 1.54) is 0 Å². The molecule has 2 aromatic rings. The lowest BCUT2D eigenvalue weighted by Crippen LogP contribution is -2.32. The van der Waals surface area contributed by atoms with Crippen LogP contribution < -0.4 is 5.32 Å². The third-order valence-electron chi connectivity index (χ3n) is 2.85. The Hall–Kier alpha value is -2.15. The third kappa shape index (κ3) is 4.17. The molecule has 1 atom stereocenters. The number of nitrogens with one attached hydrogen (secondary N) is 1. The molecule has 0 saturated heterocycles. The average molecular weight is 367 g/mol. The molecule has 0 fully saturated rings. The summed E-state index contributed by atoms with van der Waals surface area (Å²) in [7, 11) is 0. The molecule has 116 valence electrons. The van der Waals surface area contributed by atoms with Crippen molar-refractivity contribution < 1.29 is 18.8 Å². The van der Waals surface area contributed by atoms with E-state index in [2.05, 4.69) is 26.4 Å². The fraction of sp³-hybridized carbons (Fsp3) is 0.267. The molecule has 0 radical (unpaired) electrons. The van der Waals surface area contributed by atoms with Crippen molar-refractivity contribution in [3.63, 3.8) is 0 Å². The molecular weight excluding hydrogens is 352 g/mol. The number of nitrogens with zero attached hydrogens (tertiary/aromatic N) is 1. The van der Waals surface area contributed by atoms with Crippen LogP contribution in [0.3, 0.4) is 0 Å². The van der Waals surface area contributed by atoms with Gasteiger partial charge in [0.25, 0.3) is 5.91 Å². The summed E-state index contributed by atoms with van der Waals surface area (Å²) in [4.78, 5) is 24.2. The Kier molecular flexibility index (Phi) is 5.32. The lowest BCUT2D eigenvalue weighted by molar-refractivity contribution is -0.124. The lowest BCUT2D eigenvalue weighted by atomic mass is 10.2. The minimum absolute atomic E-state index is 0.291. The van der Waals surface area contributed by atoms with Crippen LogP contribution in [0.5, 0.6) is 0 Å². The van der Waals surface area contributed by atoms with Crippen molar-refractivity contribution in [3.05, 3.63) is 46.1 Å². The molecular formula is C15H15BrN2O4. The van der Waals surface area contributed by atoms with Gasteiger partial charge in [-0.3, -0.25) is 4.79 Å². The highest BCUT2D eigenvalue weighted by Gasteiger charge is 2.23. The maximum atomic E-state index is 12.1. The van der Waals surface area contributed by atoms with E-state index in [-0.39, 0.29) is 0 Å². The number of amides is 1. The minimum Gasteiger partial charge on any atom is -0.449 e. The number of carbonyl (C=O) groups is 2. The molecule has 0 spiro atoms. The van der Waals surface area contributed by atoms with Gasteiger partial charge < -0.3 is 14.6 Å². The molecule has 1 amide bonds. The van der Waals surface area contributed by atoms with Crippen molar-refractivity contribution in [1.29, 1.82) is 0 Å². The van der Waals surface area contributed by atoms with Crippen LogP contribution in [0.15, 0.2) is 39.3 Å². The topological polar surface area (TPSA) is 81.4 Å². The number of halogens is 1. The first-order valence-electron chi connectivity index (χ1n) is 6.70. The average Bonchev–Trinajstić information content (AvgIpc) is 2.89. The first-order valence-corrected chi connectivity index (χ1v) is 7.49. The highest BCUT2D eigenvalue weighted by Crippen LogP contribution is 2.15. The summed E-state index contributed by atoms with van der Waals surface area (Å²) in [5.41, 5.74) is 0.373. The number of esters is 1. The van der Waals surface area contributed by atoms with Gasteiger partial charge in [0.15, 0.2) is 11.9 Å². The van der Waals surface area contributed by atoms with E-state index >= 15 is 0 Å². The molecule has 1 aromatic heterocycles. The van der Waals surface area contributed by atoms with E-state index in [0.29, 0.717) is 23.6 Å². The largest absolute Gasteiger partial charge is 0.449 e. The van der Waals surface area contributed by atoms with E-state index in [0.717, 1.165) is 4.47 Å². The molecule has 1 heterocycles. The fourth-order valence-electron chi connectivity index (χ4n) is 1.77. The molecule has 1 aromatic carbocycles. The molecule has 7 heteroatoms. The summed E-state index contributed by atoms with van der Waals surface area (Å²) in [5, 5.41) is 6.22. The maximum Gasteiger partial charge on any atom is 0.338 e. The van der Waals surface area contributed by atoms with E-state index in [9.17, 15) is 9.59 Å². The molecule has 6 nitrogen and oxygen atoms in total. The Bertz CT molecular complexity index is 684. The summed E-state index contributed by atoms with van der Waals surface area (Å²) in [5.74, 6) is -0.132. The van der Waals surface area contributed by atoms with Gasteiger partial charge in [0.2, 0.25) is 0 Å². The summed E-state index contributed by atoms with van der Waals surface area (Å²) in [6.07, 6.45) is -0.550. The molecule has 0 aliphatic carbocycles. The van der Waals surface area contributed by atoms with Gasteiger partial charge in [-0.25, -0.2) is 4.79 Å². The molecule has 1 N–H and O–H groups in total. The standard InChI is InChI=1S/C15H15BrN2O4/c1-3-12(14(19)17-13-7-9(2)22-18-13)21-15(20)10-5-4-6-11(16)8-10/h4-8,12H,3H2,1-2H3,(H,17,18,19). The Balaban J connectivity index is 2.02. The number of aromatic nitrogens is 1. The highest BCUT2D eigenvalue weighted by atomic mass is 79.9. The van der Waals surface area contributed by atoms with Crippen LogP contribution in [0.2, 0.25) is 0 Å². The zero-order valence-corrected chi connectivity index (χ0v) is 13.7. The number of benzene rings is 1. The molecule has 22 heavy (non-hydrogen) atoms. The molecule has 2 rings (SSSR count). The normalized spacial score (nSPS) is 11.8. The Morgan fingerprint density at radius 2 is 2.18 bits per heavy atom. The predicted octanol–water partition coefficient (Wildman–Crippen LogP) is 3.32. The molecule has 0 bridgehead atoms. The van der Waals surface area contributed by atoms with Crippen LogP contribution in [-0.2, 0) is 9.53 Å². The zero-order chi connectivity index (χ0) is 16.1. The van der Waals surface area contributed by atoms with E-state index < -0.39 is 18.0 Å². The highest BCUT2D eigenvalue weighted by molar-refractivity contribution is 9.10. The Labute approximate surface area is 135 Å². The van der Waals surface area contributed by atoms with Crippen LogP contribution in [0, 0.1) is 6.92 Å². The number of anilines is 1. The van der Waals surface area contributed by atoms with Crippen LogP contribution in [0.1, 0.15) is 29.5 Å². The van der Waals surface area contributed by atoms with Crippen LogP contribution >= 0.6 is 15.9 Å². The second-order valence-electron chi connectivity index (χ2n) is 4.62. The second-order valence-corrected chi connectivity index (χ2v) is 5.54. The smallest absolute Gasteiger partial charge is 0.338 e. The van der Waals surface area contributed by atoms with E-state index in [1.54, 1.807) is 44.2 Å². The van der Waals surface area contributed by atoms with Gasteiger partial charge >= 0.3 is 5.97 Å². The van der Waals surface area contributed by atoms with Gasteiger partial charge in [-0.05, 0) is 31.5 Å². The number of hydrogen-bond donors (Lipinski definition) is 1. The second kappa shape index (κ2) is 7.22. The van der Waals surface area contributed by atoms with Gasteiger partial charge in [0.05, 0.1) is 5.56 Å². The summed E-state index contributed by atoms with van der Waals surface area (Å²) < 4.78 is 10.9. The third-order valence-corrected chi connectivity index (χ3v) is 3.35. The number of ether oxygens (including phenoxy) is 1. The lowest BCUT2D eigenvalue weighted by Gasteiger charge is -2.15. The number of aryl methyl sites for hydroxylation is 1. The van der Waals surface area contributed by atoms with Crippen molar-refractivity contribution in [1.82, 2.24) is 5.16 Å². The maximum absolute atomic E-state index is 12.1. The monoisotopic (exact) mass is 366 g/mol. The molecule has 0 saturated carbocycles. The van der Waals surface area contributed by atoms with Gasteiger partial charge in [-0.2, -0.15) is 0 Å². The molecule has 1 unspecified atom stereocenters. The summed E-state index contributed by atoms with van der Waals surface area (Å²) >= 11 is 3.28. The van der Waals surface area contributed by atoms with Crippen molar-refractivity contribution >= 4 is 33.6 Å². The first kappa shape index (κ1) is 16.2. The minimum atomic E-state index is -0.900. The van der Waals surface area contributed by atoms with Gasteiger partial charge in [0.1, 0.15) is 5.76 Å². The van der Waals surface area contributed by atoms with Crippen molar-refractivity contribution in [3.8, 4) is 0 Å². The molecule has 0 aliphatic heterocycles. The van der Waals surface area contributed by atoms with Crippen molar-refractivity contribution in [2.45, 2.75) is 26.4 Å². The summed E-state index contributed by atoms with van der Waals surface area (Å²) in [6.45, 7) is 3.47. The zero-order valence-electron chi connectivity index (χ0n) is 12.1. The number of carbonyl (C=O) groups excluding carboxylic acids is 2. The Morgan fingerprint density at radius 3 is 2.77 bits per heavy atom. The van der Waals surface area contributed by atoms with Crippen LogP contribution in [-0.4, -0.2) is 23.1 Å². The van der Waals surface area contributed by atoms with E-state index in [1.807, 2.05) is 0 Å². The van der Waals surface area contributed by atoms with Crippen LogP contribution in [0.25, 0.3) is 0 Å². The van der Waals surface area contributed by atoms with Gasteiger partial charge in [-0.15, -0.1) is 0 Å². The van der Waals surface area contributed by atoms with Crippen LogP contribution in [0.4, 0.5) is 5.82 Å². The molecule has 0 aliphatic rings. The predicted molar refractivity (Wildman–Crippen MR) is 83.5 cm³/mol. The van der Waals surface area contributed by atoms with Crippen molar-refractivity contribution in [2.75, 3.05) is 5.32 Å². The van der Waals surface area contributed by atoms with Gasteiger partial charge in [0, 0.05) is 10.5 Å². The van der Waals surface area contributed by atoms with Gasteiger partial charge in [-0.1, -0.05) is 34.1 Å². The SMILES string of the molecule is CCC(OC(=O)c1cccc(Br)c1)C(=O)Nc1cc(C)on1.